The van der Waals surface area contributed by atoms with E-state index in [1.54, 1.807) is 0 Å². The van der Waals surface area contributed by atoms with Crippen molar-refractivity contribution < 1.29 is 9.90 Å². The number of fused-ring (bicyclic) bond motifs is 1. The fourth-order valence-electron chi connectivity index (χ4n) is 1.98. The van der Waals surface area contributed by atoms with Gasteiger partial charge in [-0.3, -0.25) is 0 Å². The van der Waals surface area contributed by atoms with Crippen molar-refractivity contribution in [2.45, 2.75) is 20.3 Å². The number of carboxylic acid groups (broad SMARTS) is 1. The van der Waals surface area contributed by atoms with Gasteiger partial charge < -0.3 is 10.4 Å². The molecule has 0 saturated carbocycles. The summed E-state index contributed by atoms with van der Waals surface area (Å²) in [6, 6.07) is 7.44. The molecule has 0 bridgehead atoms. The van der Waals surface area contributed by atoms with Crippen molar-refractivity contribution in [3.05, 3.63) is 36.0 Å². The van der Waals surface area contributed by atoms with Crippen LogP contribution in [0.4, 0.5) is 5.82 Å². The van der Waals surface area contributed by atoms with Crippen LogP contribution in [0.3, 0.4) is 0 Å². The molecule has 0 spiro atoms. The molecule has 4 heteroatoms. The van der Waals surface area contributed by atoms with E-state index in [9.17, 15) is 4.79 Å². The van der Waals surface area contributed by atoms with Gasteiger partial charge in [0.1, 0.15) is 5.82 Å². The van der Waals surface area contributed by atoms with Crippen LogP contribution >= 0.6 is 0 Å². The number of anilines is 1. The molecule has 0 saturated heterocycles. The molecular weight excluding hydrogens is 240 g/mol. The van der Waals surface area contributed by atoms with Crippen LogP contribution in [-0.4, -0.2) is 22.6 Å². The van der Waals surface area contributed by atoms with Gasteiger partial charge in [0.25, 0.3) is 0 Å². The van der Waals surface area contributed by atoms with Crippen molar-refractivity contribution in [1.29, 1.82) is 0 Å². The molecule has 0 fully saturated rings. The van der Waals surface area contributed by atoms with Gasteiger partial charge in [-0.2, -0.15) is 0 Å². The van der Waals surface area contributed by atoms with Crippen LogP contribution in [0, 0.1) is 5.92 Å². The van der Waals surface area contributed by atoms with Crippen LogP contribution in [0.25, 0.3) is 10.8 Å². The lowest BCUT2D eigenvalue weighted by molar-refractivity contribution is 0.0698. The third-order valence-corrected chi connectivity index (χ3v) is 3.04. The second-order valence-corrected chi connectivity index (χ2v) is 4.98. The predicted octanol–water partition coefficient (Wildman–Crippen LogP) is 3.39. The maximum Gasteiger partial charge on any atom is 0.337 e. The van der Waals surface area contributed by atoms with Crippen LogP contribution in [-0.2, 0) is 0 Å². The standard InChI is InChI=1S/C15H18N2O2/c1-10(2)7-8-16-14-12-6-4-3-5-11(12)13(9-17-14)15(18)19/h3-6,9-10H,7-8H2,1-2H3,(H,16,17)(H,18,19). The zero-order valence-electron chi connectivity index (χ0n) is 11.2. The number of hydrogen-bond acceptors (Lipinski definition) is 3. The molecule has 0 aliphatic rings. The van der Waals surface area contributed by atoms with Crippen molar-refractivity contribution in [2.75, 3.05) is 11.9 Å². The first-order chi connectivity index (χ1) is 9.09. The van der Waals surface area contributed by atoms with E-state index >= 15 is 0 Å². The number of benzene rings is 1. The number of pyridine rings is 1. The fourth-order valence-corrected chi connectivity index (χ4v) is 1.98. The van der Waals surface area contributed by atoms with Crippen LogP contribution in [0.5, 0.6) is 0 Å². The number of aromatic carboxylic acids is 1. The number of aromatic nitrogens is 1. The van der Waals surface area contributed by atoms with Gasteiger partial charge in [-0.1, -0.05) is 38.1 Å². The van der Waals surface area contributed by atoms with Crippen LogP contribution in [0.1, 0.15) is 30.6 Å². The number of carboxylic acids is 1. The molecule has 0 unspecified atom stereocenters. The smallest absolute Gasteiger partial charge is 0.337 e. The summed E-state index contributed by atoms with van der Waals surface area (Å²) < 4.78 is 0. The van der Waals surface area contributed by atoms with Gasteiger partial charge in [0.05, 0.1) is 5.56 Å². The van der Waals surface area contributed by atoms with Gasteiger partial charge in [-0.05, 0) is 12.3 Å². The van der Waals surface area contributed by atoms with Crippen LogP contribution < -0.4 is 5.32 Å². The quantitative estimate of drug-likeness (QED) is 0.863. The van der Waals surface area contributed by atoms with Crippen molar-refractivity contribution >= 4 is 22.6 Å². The van der Waals surface area contributed by atoms with Gasteiger partial charge in [-0.25, -0.2) is 9.78 Å². The van der Waals surface area contributed by atoms with Crippen molar-refractivity contribution in [1.82, 2.24) is 4.98 Å². The minimum atomic E-state index is -0.947. The first-order valence-electron chi connectivity index (χ1n) is 6.44. The molecule has 2 N–H and O–H groups in total. The second kappa shape index (κ2) is 5.69. The Hall–Kier alpha value is -2.10. The zero-order chi connectivity index (χ0) is 13.8. The molecule has 19 heavy (non-hydrogen) atoms. The Morgan fingerprint density at radius 3 is 2.63 bits per heavy atom. The highest BCUT2D eigenvalue weighted by Gasteiger charge is 2.11. The summed E-state index contributed by atoms with van der Waals surface area (Å²) in [5, 5.41) is 14.0. The third kappa shape index (κ3) is 3.02. The van der Waals surface area contributed by atoms with Gasteiger partial charge in [0.15, 0.2) is 0 Å². The Labute approximate surface area is 112 Å². The predicted molar refractivity (Wildman–Crippen MR) is 76.6 cm³/mol. The lowest BCUT2D eigenvalue weighted by atomic mass is 10.1. The molecule has 2 aromatic rings. The summed E-state index contributed by atoms with van der Waals surface area (Å²) in [6.07, 6.45) is 2.47. The largest absolute Gasteiger partial charge is 0.478 e. The second-order valence-electron chi connectivity index (χ2n) is 4.98. The highest BCUT2D eigenvalue weighted by atomic mass is 16.4. The Morgan fingerprint density at radius 1 is 1.32 bits per heavy atom. The summed E-state index contributed by atoms with van der Waals surface area (Å²) in [7, 11) is 0. The highest BCUT2D eigenvalue weighted by molar-refractivity contribution is 6.06. The van der Waals surface area contributed by atoms with Crippen LogP contribution in [0.2, 0.25) is 0 Å². The normalized spacial score (nSPS) is 10.9. The summed E-state index contributed by atoms with van der Waals surface area (Å²) in [6.45, 7) is 5.17. The van der Waals surface area contributed by atoms with E-state index in [0.717, 1.165) is 29.6 Å². The molecule has 0 aliphatic heterocycles. The van der Waals surface area contributed by atoms with Gasteiger partial charge in [0.2, 0.25) is 0 Å². The number of nitrogens with one attached hydrogen (secondary N) is 1. The molecule has 0 atom stereocenters. The SMILES string of the molecule is CC(C)CCNc1ncc(C(=O)O)c2ccccc12. The zero-order valence-corrected chi connectivity index (χ0v) is 11.2. The molecular formula is C15H18N2O2. The molecule has 0 amide bonds. The molecule has 1 aromatic heterocycles. The lowest BCUT2D eigenvalue weighted by Gasteiger charge is -2.11. The van der Waals surface area contributed by atoms with E-state index in [1.807, 2.05) is 24.3 Å². The number of carbonyl (C=O) groups is 1. The molecule has 4 nitrogen and oxygen atoms in total. The summed E-state index contributed by atoms with van der Waals surface area (Å²) in [5.74, 6) is 0.427. The van der Waals surface area contributed by atoms with Crippen molar-refractivity contribution in [2.24, 2.45) is 5.92 Å². The minimum absolute atomic E-state index is 0.241. The van der Waals surface area contributed by atoms with Gasteiger partial charge in [-0.15, -0.1) is 0 Å². The van der Waals surface area contributed by atoms with Gasteiger partial charge >= 0.3 is 5.97 Å². The monoisotopic (exact) mass is 258 g/mol. The average Bonchev–Trinajstić information content (AvgIpc) is 2.38. The van der Waals surface area contributed by atoms with E-state index in [0.29, 0.717) is 5.92 Å². The van der Waals surface area contributed by atoms with E-state index < -0.39 is 5.97 Å². The molecule has 1 heterocycles. The summed E-state index contributed by atoms with van der Waals surface area (Å²) in [4.78, 5) is 15.4. The molecule has 1 aromatic carbocycles. The lowest BCUT2D eigenvalue weighted by Crippen LogP contribution is -2.08. The fraction of sp³-hybridized carbons (Fsp3) is 0.333. The average molecular weight is 258 g/mol. The molecule has 0 radical (unpaired) electrons. The summed E-state index contributed by atoms with van der Waals surface area (Å²) >= 11 is 0. The Kier molecular flexibility index (Phi) is 4.00. The van der Waals surface area contributed by atoms with E-state index in [4.69, 9.17) is 5.11 Å². The van der Waals surface area contributed by atoms with E-state index in [-0.39, 0.29) is 5.56 Å². The summed E-state index contributed by atoms with van der Waals surface area (Å²) in [5.41, 5.74) is 0.241. The Balaban J connectivity index is 2.36. The molecule has 100 valence electrons. The first kappa shape index (κ1) is 13.3. The Morgan fingerprint density at radius 2 is 2.00 bits per heavy atom. The first-order valence-corrected chi connectivity index (χ1v) is 6.44. The van der Waals surface area contributed by atoms with Crippen LogP contribution in [0.15, 0.2) is 30.5 Å². The number of hydrogen-bond donors (Lipinski definition) is 2. The number of rotatable bonds is 5. The van der Waals surface area contributed by atoms with Crippen molar-refractivity contribution in [3.63, 3.8) is 0 Å². The van der Waals surface area contributed by atoms with E-state index in [1.165, 1.54) is 6.20 Å². The molecule has 2 rings (SSSR count). The maximum atomic E-state index is 11.2. The van der Waals surface area contributed by atoms with Gasteiger partial charge in [0, 0.05) is 23.5 Å². The third-order valence-electron chi connectivity index (χ3n) is 3.04. The highest BCUT2D eigenvalue weighted by Crippen LogP contribution is 2.24. The van der Waals surface area contributed by atoms with Crippen molar-refractivity contribution in [3.8, 4) is 0 Å². The minimum Gasteiger partial charge on any atom is -0.478 e. The topological polar surface area (TPSA) is 62.2 Å². The maximum absolute atomic E-state index is 11.2. The Bertz CT molecular complexity index is 594. The van der Waals surface area contributed by atoms with E-state index in [2.05, 4.69) is 24.1 Å². The molecule has 0 aliphatic carbocycles. The number of nitrogens with zero attached hydrogens (tertiary/aromatic N) is 1.